The largest absolute Gasteiger partial charge is 0.387 e. The third kappa shape index (κ3) is 4.04. The fourth-order valence-electron chi connectivity index (χ4n) is 5.24. The van der Waals surface area contributed by atoms with E-state index in [1.54, 1.807) is 0 Å². The van der Waals surface area contributed by atoms with Crippen molar-refractivity contribution in [1.82, 2.24) is 39.0 Å². The van der Waals surface area contributed by atoms with Gasteiger partial charge in [-0.05, 0) is 0 Å². The number of fused-ring (bicyclic) bond motifs is 3. The number of nitrogens with two attached hydrogens (primary N) is 1. The van der Waals surface area contributed by atoms with Crippen molar-refractivity contribution < 1.29 is 42.8 Å². The highest BCUT2D eigenvalue weighted by Gasteiger charge is 2.78. The molecule has 2 aliphatic heterocycles. The molecule has 0 spiro atoms. The number of thiol groups is 1. The minimum Gasteiger partial charge on any atom is -0.387 e. The number of aromatic nitrogens is 8. The van der Waals surface area contributed by atoms with Gasteiger partial charge in [0.25, 0.3) is 11.1 Å². The van der Waals surface area contributed by atoms with Crippen LogP contribution in [0.3, 0.4) is 0 Å². The Bertz CT molecular complexity index is 1880. The summed E-state index contributed by atoms with van der Waals surface area (Å²) in [6.07, 6.45) is -8.72. The van der Waals surface area contributed by atoms with Gasteiger partial charge in [0, 0.05) is 0 Å². The second-order valence-corrected chi connectivity index (χ2v) is 12.8. The molecule has 0 amide bonds. The van der Waals surface area contributed by atoms with E-state index in [0.29, 0.717) is 0 Å². The number of ether oxygens (including phenoxy) is 2. The van der Waals surface area contributed by atoms with Crippen LogP contribution >= 0.6 is 19.0 Å². The third-order valence-electron chi connectivity index (χ3n) is 7.41. The van der Waals surface area contributed by atoms with Crippen LogP contribution in [0.4, 0.5) is 10.3 Å². The topological polar surface area (TPSA) is 268 Å². The minimum atomic E-state index is -4.46. The van der Waals surface area contributed by atoms with Crippen molar-refractivity contribution in [3.8, 4) is 0 Å². The van der Waals surface area contributed by atoms with Crippen molar-refractivity contribution in [2.24, 2.45) is 0 Å². The van der Waals surface area contributed by atoms with Crippen molar-refractivity contribution in [1.29, 1.82) is 0 Å². The number of imidazole rings is 2. The lowest BCUT2D eigenvalue weighted by atomic mass is 10.1. The molecule has 1 unspecified atom stereocenters. The molecule has 7 N–H and O–H groups in total. The number of rotatable bonds is 7. The standard InChI is InChI=1S/C20H21FN9O10PS/c21-6-9(31)5(38-17(6)29-3-25-7-13(29)23-2-24-15(7)33)1-37-41(36,42)40-12-18(39-11-10(32)20(11,12)35)30-4-26-8-14(30)27-19(22)28-16(8)34/h2-6,9-12,17-18,31-32,35H,1H2,(H,36,42)(H,23,24,33)(H3,22,27,28,34)/t5-,6+,9-,10?,11-,12+,17-,18-,20-,41-/m1/s1. The van der Waals surface area contributed by atoms with E-state index in [2.05, 4.69) is 42.2 Å². The molecular weight excluding hydrogens is 608 g/mol. The van der Waals surface area contributed by atoms with Crippen molar-refractivity contribution in [3.63, 3.8) is 0 Å². The molecule has 3 aliphatic rings. The van der Waals surface area contributed by atoms with Crippen LogP contribution in [0.5, 0.6) is 0 Å². The number of anilines is 1. The first-order chi connectivity index (χ1) is 19.9. The molecule has 19 nitrogen and oxygen atoms in total. The molecule has 42 heavy (non-hydrogen) atoms. The lowest BCUT2D eigenvalue weighted by Gasteiger charge is -2.28. The van der Waals surface area contributed by atoms with Gasteiger partial charge in [-0.25, -0.2) is 23.9 Å². The summed E-state index contributed by atoms with van der Waals surface area (Å²) in [6.45, 7) is -5.15. The Morgan fingerprint density at radius 2 is 1.81 bits per heavy atom. The first-order valence-corrected chi connectivity index (χ1v) is 14.9. The summed E-state index contributed by atoms with van der Waals surface area (Å²) in [6, 6.07) is 0. The highest BCUT2D eigenvalue weighted by atomic mass is 32.7. The number of alkyl halides is 1. The Labute approximate surface area is 236 Å². The Hall–Kier alpha value is -3.27. The maximum atomic E-state index is 15.1. The maximum absolute atomic E-state index is 15.1. The van der Waals surface area contributed by atoms with E-state index in [-0.39, 0.29) is 28.3 Å². The lowest BCUT2D eigenvalue weighted by Crippen LogP contribution is -2.38. The van der Waals surface area contributed by atoms with E-state index in [1.165, 1.54) is 4.57 Å². The van der Waals surface area contributed by atoms with E-state index >= 15 is 4.39 Å². The molecule has 6 heterocycles. The first-order valence-electron chi connectivity index (χ1n) is 12.2. The molecule has 22 heteroatoms. The minimum absolute atomic E-state index is 0.00620. The zero-order valence-electron chi connectivity index (χ0n) is 20.8. The zero-order valence-corrected chi connectivity index (χ0v) is 22.6. The molecule has 7 rings (SSSR count). The zero-order chi connectivity index (χ0) is 29.7. The monoisotopic (exact) mass is 629 g/mol. The van der Waals surface area contributed by atoms with Crippen LogP contribution in [0.25, 0.3) is 22.3 Å². The SMILES string of the molecule is Nc1nc2c(ncn2[C@@H]2O[C@@H]3C(O)[C@]3(O)[C@H]2O[P@](=O)(S)OC[C@H]2O[C@@H](n3cnc4c(=O)[nH]cnc43)[C@@H](F)[C@@H]2O)c(=O)[nH]1. The van der Waals surface area contributed by atoms with Crippen LogP contribution in [-0.4, -0.2) is 103 Å². The molecule has 3 fully saturated rings. The Morgan fingerprint density at radius 1 is 1.12 bits per heavy atom. The number of aliphatic hydroxyl groups excluding tert-OH is 2. The normalized spacial score (nSPS) is 35.5. The van der Waals surface area contributed by atoms with Crippen LogP contribution in [-0.2, 0) is 23.1 Å². The summed E-state index contributed by atoms with van der Waals surface area (Å²) in [7, 11) is 0. The predicted molar refractivity (Wildman–Crippen MR) is 138 cm³/mol. The third-order valence-corrected chi connectivity index (χ3v) is 9.01. The number of halogens is 1. The van der Waals surface area contributed by atoms with Crippen LogP contribution in [0.2, 0.25) is 0 Å². The van der Waals surface area contributed by atoms with Crippen LogP contribution in [0.15, 0.2) is 28.6 Å². The fraction of sp³-hybridized carbons (Fsp3) is 0.500. The molecule has 224 valence electrons. The van der Waals surface area contributed by atoms with Gasteiger partial charge in [-0.2, -0.15) is 4.98 Å². The first kappa shape index (κ1) is 27.6. The van der Waals surface area contributed by atoms with Crippen molar-refractivity contribution in [2.75, 3.05) is 12.3 Å². The van der Waals surface area contributed by atoms with E-state index in [1.807, 2.05) is 0 Å². The Morgan fingerprint density at radius 3 is 2.55 bits per heavy atom. The molecule has 0 radical (unpaired) electrons. The number of nitrogen functional groups attached to an aromatic ring is 1. The molecule has 10 atom stereocenters. The molecule has 4 aromatic heterocycles. The highest BCUT2D eigenvalue weighted by molar-refractivity contribution is 8.44. The molecule has 1 aliphatic carbocycles. The molecule has 0 aromatic carbocycles. The smallest absolute Gasteiger partial charge is 0.386 e. The van der Waals surface area contributed by atoms with Gasteiger partial charge in [0.05, 0.1) is 25.6 Å². The molecule has 0 bridgehead atoms. The number of hydrogen-bond donors (Lipinski definition) is 7. The second-order valence-electron chi connectivity index (χ2n) is 9.90. The van der Waals surface area contributed by atoms with Crippen molar-refractivity contribution >= 4 is 47.3 Å². The summed E-state index contributed by atoms with van der Waals surface area (Å²) < 4.78 is 52.8. The molecule has 1 saturated carbocycles. The average molecular weight is 629 g/mol. The molecule has 2 saturated heterocycles. The average Bonchev–Trinajstić information content (AvgIpc) is 3.47. The van der Waals surface area contributed by atoms with Crippen LogP contribution in [0, 0.1) is 0 Å². The fourth-order valence-corrected chi connectivity index (χ4v) is 6.70. The van der Waals surface area contributed by atoms with E-state index in [9.17, 15) is 29.5 Å². The summed E-state index contributed by atoms with van der Waals surface area (Å²) in [5.41, 5.74) is 2.16. The number of H-pyrrole nitrogens is 2. The van der Waals surface area contributed by atoms with Crippen molar-refractivity contribution in [3.05, 3.63) is 39.7 Å². The van der Waals surface area contributed by atoms with Gasteiger partial charge in [-0.1, -0.05) is 12.2 Å². The van der Waals surface area contributed by atoms with Gasteiger partial charge in [-0.15, -0.1) is 0 Å². The predicted octanol–water partition coefficient (Wildman–Crippen LogP) is -2.13. The number of aliphatic hydroxyl groups is 3. The van der Waals surface area contributed by atoms with Crippen LogP contribution < -0.4 is 16.9 Å². The van der Waals surface area contributed by atoms with E-state index < -0.39 is 79.3 Å². The highest BCUT2D eigenvalue weighted by Crippen LogP contribution is 2.63. The van der Waals surface area contributed by atoms with Gasteiger partial charge in [0.15, 0.2) is 46.6 Å². The molecule has 4 aromatic rings. The number of nitrogens with one attached hydrogen (secondary N) is 2. The second kappa shape index (κ2) is 9.36. The Kier molecular flexibility index (Phi) is 6.14. The lowest BCUT2D eigenvalue weighted by molar-refractivity contribution is -0.0884. The molecular formula is C20H21FN9O10PS. The summed E-state index contributed by atoms with van der Waals surface area (Å²) in [4.78, 5) is 44.6. The number of nitrogens with zero attached hydrogens (tertiary/aromatic N) is 6. The summed E-state index contributed by atoms with van der Waals surface area (Å²) >= 11 is 3.95. The summed E-state index contributed by atoms with van der Waals surface area (Å²) in [5.74, 6) is -0.234. The Balaban J connectivity index is 1.10. The van der Waals surface area contributed by atoms with Gasteiger partial charge in [0.1, 0.15) is 30.5 Å². The quantitative estimate of drug-likeness (QED) is 0.0850. The van der Waals surface area contributed by atoms with Crippen LogP contribution in [0.1, 0.15) is 12.5 Å². The van der Waals surface area contributed by atoms with Gasteiger partial charge in [-0.3, -0.25) is 32.8 Å². The maximum Gasteiger partial charge on any atom is 0.386 e. The van der Waals surface area contributed by atoms with Gasteiger partial charge in [0.2, 0.25) is 5.95 Å². The number of aromatic amines is 2. The summed E-state index contributed by atoms with van der Waals surface area (Å²) in [5, 5.41) is 31.7. The van der Waals surface area contributed by atoms with Crippen molar-refractivity contribution in [2.45, 2.75) is 54.7 Å². The van der Waals surface area contributed by atoms with E-state index in [0.717, 1.165) is 23.5 Å². The van der Waals surface area contributed by atoms with Gasteiger partial charge >= 0.3 is 6.80 Å². The van der Waals surface area contributed by atoms with E-state index in [4.69, 9.17) is 24.3 Å². The van der Waals surface area contributed by atoms with Gasteiger partial charge < -0.3 is 35.5 Å². The number of hydrogen-bond acceptors (Lipinski definition) is 15.